The fraction of sp³-hybridized carbons (Fsp3) is 0.412. The van der Waals surface area contributed by atoms with Gasteiger partial charge >= 0.3 is 0 Å². The Hall–Kier alpha value is -2.78. The SMILES string of the molecule is Cn1ccnc1CNC(=O)C1CC(COc2ccc3c(c2)OCO3)NN1. The Morgan fingerprint density at radius 2 is 2.27 bits per heavy atom. The molecule has 9 heteroatoms. The van der Waals surface area contributed by atoms with Crippen LogP contribution < -0.4 is 30.4 Å². The van der Waals surface area contributed by atoms with Crippen LogP contribution in [0.25, 0.3) is 0 Å². The molecule has 1 saturated heterocycles. The molecule has 3 N–H and O–H groups in total. The number of benzene rings is 1. The number of hydrogen-bond acceptors (Lipinski definition) is 7. The second kappa shape index (κ2) is 7.22. The Labute approximate surface area is 150 Å². The van der Waals surface area contributed by atoms with Crippen LogP contribution >= 0.6 is 0 Å². The van der Waals surface area contributed by atoms with Gasteiger partial charge in [-0.2, -0.15) is 0 Å². The molecule has 1 fully saturated rings. The first-order valence-electron chi connectivity index (χ1n) is 8.46. The quantitative estimate of drug-likeness (QED) is 0.672. The number of nitrogens with zero attached hydrogens (tertiary/aromatic N) is 2. The summed E-state index contributed by atoms with van der Waals surface area (Å²) in [4.78, 5) is 16.5. The van der Waals surface area contributed by atoms with Crippen molar-refractivity contribution >= 4 is 5.91 Å². The number of carbonyl (C=O) groups excluding carboxylic acids is 1. The molecule has 0 bridgehead atoms. The van der Waals surface area contributed by atoms with Crippen LogP contribution in [0, 0.1) is 0 Å². The summed E-state index contributed by atoms with van der Waals surface area (Å²) in [6, 6.07) is 5.20. The van der Waals surface area contributed by atoms with Gasteiger partial charge in [-0.3, -0.25) is 10.2 Å². The number of nitrogens with one attached hydrogen (secondary N) is 3. The number of hydrazine groups is 1. The molecule has 0 aliphatic carbocycles. The van der Waals surface area contributed by atoms with E-state index in [0.717, 1.165) is 11.6 Å². The van der Waals surface area contributed by atoms with E-state index in [4.69, 9.17) is 14.2 Å². The number of aryl methyl sites for hydroxylation is 1. The highest BCUT2D eigenvalue weighted by Gasteiger charge is 2.29. The van der Waals surface area contributed by atoms with Crippen molar-refractivity contribution in [2.24, 2.45) is 7.05 Å². The molecule has 9 nitrogen and oxygen atoms in total. The zero-order valence-corrected chi connectivity index (χ0v) is 14.4. The van der Waals surface area contributed by atoms with Gasteiger partial charge in [0.25, 0.3) is 0 Å². The molecule has 2 aliphatic rings. The molecule has 1 aromatic carbocycles. The second-order valence-electron chi connectivity index (χ2n) is 6.27. The fourth-order valence-corrected chi connectivity index (χ4v) is 2.92. The van der Waals surface area contributed by atoms with Gasteiger partial charge in [0.05, 0.1) is 12.6 Å². The molecule has 26 heavy (non-hydrogen) atoms. The zero-order valence-electron chi connectivity index (χ0n) is 14.4. The highest BCUT2D eigenvalue weighted by Crippen LogP contribution is 2.35. The average molecular weight is 359 g/mol. The van der Waals surface area contributed by atoms with E-state index >= 15 is 0 Å². The van der Waals surface area contributed by atoms with Crippen LogP contribution in [0.5, 0.6) is 17.2 Å². The molecule has 2 unspecified atom stereocenters. The van der Waals surface area contributed by atoms with Gasteiger partial charge in [-0.25, -0.2) is 10.4 Å². The molecule has 3 heterocycles. The van der Waals surface area contributed by atoms with Crippen LogP contribution in [-0.4, -0.2) is 40.9 Å². The van der Waals surface area contributed by atoms with Gasteiger partial charge < -0.3 is 24.1 Å². The predicted octanol–water partition coefficient (Wildman–Crippen LogP) is 0.0791. The highest BCUT2D eigenvalue weighted by atomic mass is 16.7. The van der Waals surface area contributed by atoms with Crippen LogP contribution in [0.4, 0.5) is 0 Å². The molecule has 1 amide bonds. The second-order valence-corrected chi connectivity index (χ2v) is 6.27. The maximum atomic E-state index is 12.3. The third-order valence-corrected chi connectivity index (χ3v) is 4.44. The van der Waals surface area contributed by atoms with Crippen molar-refractivity contribution in [2.75, 3.05) is 13.4 Å². The van der Waals surface area contributed by atoms with E-state index in [1.54, 1.807) is 6.20 Å². The summed E-state index contributed by atoms with van der Waals surface area (Å²) >= 11 is 0. The third-order valence-electron chi connectivity index (χ3n) is 4.44. The van der Waals surface area contributed by atoms with Gasteiger partial charge in [0.2, 0.25) is 12.7 Å². The molecule has 4 rings (SSSR count). The van der Waals surface area contributed by atoms with Gasteiger partial charge in [-0.1, -0.05) is 0 Å². The lowest BCUT2D eigenvalue weighted by molar-refractivity contribution is -0.123. The maximum Gasteiger partial charge on any atom is 0.238 e. The Morgan fingerprint density at radius 3 is 3.12 bits per heavy atom. The lowest BCUT2D eigenvalue weighted by atomic mass is 10.1. The van der Waals surface area contributed by atoms with Crippen LogP contribution in [-0.2, 0) is 18.4 Å². The molecule has 0 spiro atoms. The summed E-state index contributed by atoms with van der Waals surface area (Å²) in [5.74, 6) is 2.87. The van der Waals surface area contributed by atoms with Gasteiger partial charge in [0.1, 0.15) is 24.2 Å². The lowest BCUT2D eigenvalue weighted by Crippen LogP contribution is -2.43. The number of imidazole rings is 1. The highest BCUT2D eigenvalue weighted by molar-refractivity contribution is 5.81. The number of ether oxygens (including phenoxy) is 3. The van der Waals surface area contributed by atoms with Gasteiger partial charge in [-0.05, 0) is 18.6 Å². The molecule has 0 radical (unpaired) electrons. The van der Waals surface area contributed by atoms with Crippen molar-refractivity contribution in [2.45, 2.75) is 25.0 Å². The van der Waals surface area contributed by atoms with E-state index < -0.39 is 0 Å². The number of amides is 1. The van der Waals surface area contributed by atoms with E-state index in [2.05, 4.69) is 21.2 Å². The topological polar surface area (TPSA) is 98.7 Å². The number of fused-ring (bicyclic) bond motifs is 1. The summed E-state index contributed by atoms with van der Waals surface area (Å²) in [5.41, 5.74) is 6.12. The predicted molar refractivity (Wildman–Crippen MR) is 91.6 cm³/mol. The van der Waals surface area contributed by atoms with Crippen molar-refractivity contribution in [1.29, 1.82) is 0 Å². The molecule has 1 aromatic heterocycles. The number of aromatic nitrogens is 2. The summed E-state index contributed by atoms with van der Waals surface area (Å²) in [7, 11) is 1.90. The minimum absolute atomic E-state index is 0.0318. The smallest absolute Gasteiger partial charge is 0.238 e. The van der Waals surface area contributed by atoms with Crippen molar-refractivity contribution in [3.05, 3.63) is 36.4 Å². The maximum absolute atomic E-state index is 12.3. The lowest BCUT2D eigenvalue weighted by Gasteiger charge is -2.12. The first-order chi connectivity index (χ1) is 12.7. The standard InChI is InChI=1S/C17H21N5O4/c1-22-5-4-18-16(22)8-19-17(23)13-6-11(20-21-13)9-24-12-2-3-14-15(7-12)26-10-25-14/h2-5,7,11,13,20-21H,6,8-10H2,1H3,(H,19,23). The Balaban J connectivity index is 1.23. The Kier molecular flexibility index (Phi) is 4.63. The molecule has 0 saturated carbocycles. The van der Waals surface area contributed by atoms with Gasteiger partial charge in [0.15, 0.2) is 11.5 Å². The van der Waals surface area contributed by atoms with E-state index in [1.165, 1.54) is 0 Å². The number of hydrogen-bond donors (Lipinski definition) is 3. The normalized spacial score (nSPS) is 21.0. The molecule has 2 aliphatic heterocycles. The third kappa shape index (κ3) is 3.58. The fourth-order valence-electron chi connectivity index (χ4n) is 2.92. The number of carbonyl (C=O) groups is 1. The van der Waals surface area contributed by atoms with Crippen molar-refractivity contribution in [3.63, 3.8) is 0 Å². The Morgan fingerprint density at radius 1 is 1.38 bits per heavy atom. The molecule has 2 atom stereocenters. The first-order valence-corrected chi connectivity index (χ1v) is 8.46. The van der Waals surface area contributed by atoms with E-state index in [9.17, 15) is 4.79 Å². The van der Waals surface area contributed by atoms with E-state index in [1.807, 2.05) is 36.0 Å². The monoisotopic (exact) mass is 359 g/mol. The Bertz CT molecular complexity index is 793. The largest absolute Gasteiger partial charge is 0.492 e. The number of rotatable bonds is 6. The van der Waals surface area contributed by atoms with Crippen molar-refractivity contribution < 1.29 is 19.0 Å². The van der Waals surface area contributed by atoms with Crippen molar-refractivity contribution in [3.8, 4) is 17.2 Å². The van der Waals surface area contributed by atoms with Crippen LogP contribution in [0.3, 0.4) is 0 Å². The van der Waals surface area contributed by atoms with E-state index in [0.29, 0.717) is 31.1 Å². The summed E-state index contributed by atoms with van der Waals surface area (Å²) in [6.07, 6.45) is 4.19. The first kappa shape index (κ1) is 16.7. The zero-order chi connectivity index (χ0) is 17.9. The average Bonchev–Trinajstić information content (AvgIpc) is 3.38. The van der Waals surface area contributed by atoms with Crippen molar-refractivity contribution in [1.82, 2.24) is 25.7 Å². The molecule has 2 aromatic rings. The molecule has 138 valence electrons. The molecular formula is C17H21N5O4. The summed E-state index contributed by atoms with van der Waals surface area (Å²) < 4.78 is 18.3. The van der Waals surface area contributed by atoms with Crippen LogP contribution in [0.15, 0.2) is 30.6 Å². The minimum Gasteiger partial charge on any atom is -0.492 e. The van der Waals surface area contributed by atoms with Crippen LogP contribution in [0.1, 0.15) is 12.2 Å². The van der Waals surface area contributed by atoms with Gasteiger partial charge in [-0.15, -0.1) is 0 Å². The van der Waals surface area contributed by atoms with E-state index in [-0.39, 0.29) is 24.8 Å². The van der Waals surface area contributed by atoms with Crippen LogP contribution in [0.2, 0.25) is 0 Å². The summed E-state index contributed by atoms with van der Waals surface area (Å²) in [5, 5.41) is 2.89. The van der Waals surface area contributed by atoms with Gasteiger partial charge in [0, 0.05) is 25.5 Å². The molecular weight excluding hydrogens is 338 g/mol. The minimum atomic E-state index is -0.305. The summed E-state index contributed by atoms with van der Waals surface area (Å²) in [6.45, 7) is 1.08.